The molecule has 0 aliphatic heterocycles. The molecular weight excluding hydrogens is 312 g/mol. The van der Waals surface area contributed by atoms with E-state index in [0.717, 1.165) is 48.7 Å². The molecule has 3 rings (SSSR count). The standard InChI is InChI=1S/C19H22N6/c1-15-14-24-19(23-13-9-17-7-3-5-11-21-17)25-18(15)22-12-8-16-6-2-4-10-20-16/h2-7,10-11,14H,8-9,12-13H2,1H3,(H2,22,23,24,25). The maximum Gasteiger partial charge on any atom is 0.224 e. The number of aryl methyl sites for hydroxylation is 1. The number of nitrogens with zero attached hydrogens (tertiary/aromatic N) is 4. The van der Waals surface area contributed by atoms with Crippen molar-refractivity contribution in [1.82, 2.24) is 19.9 Å². The Morgan fingerprint density at radius 2 is 1.44 bits per heavy atom. The zero-order valence-electron chi connectivity index (χ0n) is 14.3. The molecule has 0 aromatic carbocycles. The van der Waals surface area contributed by atoms with Crippen LogP contribution < -0.4 is 10.6 Å². The number of pyridine rings is 2. The zero-order valence-corrected chi connectivity index (χ0v) is 14.3. The predicted octanol–water partition coefficient (Wildman–Crippen LogP) is 2.88. The number of aromatic nitrogens is 4. The molecular formula is C19H22N6. The number of anilines is 2. The van der Waals surface area contributed by atoms with E-state index in [4.69, 9.17) is 0 Å². The maximum atomic E-state index is 4.56. The van der Waals surface area contributed by atoms with Gasteiger partial charge < -0.3 is 10.6 Å². The lowest BCUT2D eigenvalue weighted by atomic mass is 10.2. The van der Waals surface area contributed by atoms with E-state index in [1.165, 1.54) is 0 Å². The highest BCUT2D eigenvalue weighted by Gasteiger charge is 2.04. The zero-order chi connectivity index (χ0) is 17.3. The SMILES string of the molecule is Cc1cnc(NCCc2ccccn2)nc1NCCc1ccccn1. The summed E-state index contributed by atoms with van der Waals surface area (Å²) in [5.74, 6) is 1.48. The summed E-state index contributed by atoms with van der Waals surface area (Å²) in [6.07, 6.45) is 7.14. The molecule has 128 valence electrons. The summed E-state index contributed by atoms with van der Waals surface area (Å²) in [6.45, 7) is 3.52. The van der Waals surface area contributed by atoms with E-state index in [2.05, 4.69) is 30.6 Å². The van der Waals surface area contributed by atoms with Crippen LogP contribution in [0.3, 0.4) is 0 Å². The lowest BCUT2D eigenvalue weighted by Crippen LogP contribution is -2.12. The first-order chi connectivity index (χ1) is 12.3. The van der Waals surface area contributed by atoms with Gasteiger partial charge in [-0.3, -0.25) is 9.97 Å². The molecule has 6 heteroatoms. The monoisotopic (exact) mass is 334 g/mol. The number of nitrogens with one attached hydrogen (secondary N) is 2. The molecule has 0 amide bonds. The van der Waals surface area contributed by atoms with Crippen LogP contribution in [-0.2, 0) is 12.8 Å². The van der Waals surface area contributed by atoms with E-state index in [-0.39, 0.29) is 0 Å². The second kappa shape index (κ2) is 8.73. The second-order valence-corrected chi connectivity index (χ2v) is 5.72. The van der Waals surface area contributed by atoms with Crippen LogP contribution in [0.2, 0.25) is 0 Å². The van der Waals surface area contributed by atoms with Crippen molar-refractivity contribution < 1.29 is 0 Å². The van der Waals surface area contributed by atoms with Gasteiger partial charge in [0.2, 0.25) is 5.95 Å². The van der Waals surface area contributed by atoms with Crippen LogP contribution in [0.1, 0.15) is 17.0 Å². The van der Waals surface area contributed by atoms with Crippen LogP contribution in [0.4, 0.5) is 11.8 Å². The second-order valence-electron chi connectivity index (χ2n) is 5.72. The first kappa shape index (κ1) is 16.8. The van der Waals surface area contributed by atoms with Gasteiger partial charge in [0.05, 0.1) is 0 Å². The minimum Gasteiger partial charge on any atom is -0.369 e. The fourth-order valence-corrected chi connectivity index (χ4v) is 2.41. The summed E-state index contributed by atoms with van der Waals surface area (Å²) in [6, 6.07) is 11.9. The molecule has 2 N–H and O–H groups in total. The maximum absolute atomic E-state index is 4.56. The molecule has 6 nitrogen and oxygen atoms in total. The summed E-state index contributed by atoms with van der Waals surface area (Å²) >= 11 is 0. The van der Waals surface area contributed by atoms with Crippen molar-refractivity contribution >= 4 is 11.8 Å². The van der Waals surface area contributed by atoms with Crippen molar-refractivity contribution in [2.75, 3.05) is 23.7 Å². The molecule has 25 heavy (non-hydrogen) atoms. The molecule has 0 unspecified atom stereocenters. The minimum absolute atomic E-state index is 0.627. The van der Waals surface area contributed by atoms with E-state index < -0.39 is 0 Å². The smallest absolute Gasteiger partial charge is 0.224 e. The molecule has 0 radical (unpaired) electrons. The van der Waals surface area contributed by atoms with Gasteiger partial charge >= 0.3 is 0 Å². The third kappa shape index (κ3) is 5.24. The highest BCUT2D eigenvalue weighted by molar-refractivity contribution is 5.46. The van der Waals surface area contributed by atoms with Crippen LogP contribution in [0.25, 0.3) is 0 Å². The number of hydrogen-bond acceptors (Lipinski definition) is 6. The Morgan fingerprint density at radius 3 is 2.04 bits per heavy atom. The van der Waals surface area contributed by atoms with E-state index in [0.29, 0.717) is 5.95 Å². The first-order valence-electron chi connectivity index (χ1n) is 8.42. The van der Waals surface area contributed by atoms with Crippen molar-refractivity contribution in [1.29, 1.82) is 0 Å². The fraction of sp³-hybridized carbons (Fsp3) is 0.263. The molecule has 3 aromatic rings. The molecule has 3 aromatic heterocycles. The van der Waals surface area contributed by atoms with Crippen molar-refractivity contribution in [3.05, 3.63) is 71.9 Å². The Bertz CT molecular complexity index is 776. The quantitative estimate of drug-likeness (QED) is 0.660. The third-order valence-corrected chi connectivity index (χ3v) is 3.76. The van der Waals surface area contributed by atoms with Gasteiger partial charge in [0, 0.05) is 61.5 Å². The summed E-state index contributed by atoms with van der Waals surface area (Å²) in [5.41, 5.74) is 3.14. The average Bonchev–Trinajstić information content (AvgIpc) is 2.66. The van der Waals surface area contributed by atoms with Crippen LogP contribution in [0, 0.1) is 6.92 Å². The third-order valence-electron chi connectivity index (χ3n) is 3.76. The summed E-state index contributed by atoms with van der Waals surface area (Å²) in [5, 5.41) is 6.62. The van der Waals surface area contributed by atoms with Crippen LogP contribution in [0.15, 0.2) is 55.0 Å². The Morgan fingerprint density at radius 1 is 0.800 bits per heavy atom. The molecule has 0 saturated carbocycles. The number of rotatable bonds is 8. The van der Waals surface area contributed by atoms with Gasteiger partial charge in [-0.2, -0.15) is 4.98 Å². The van der Waals surface area contributed by atoms with Gasteiger partial charge in [0.15, 0.2) is 0 Å². The minimum atomic E-state index is 0.627. The lowest BCUT2D eigenvalue weighted by Gasteiger charge is -2.10. The summed E-state index contributed by atoms with van der Waals surface area (Å²) in [4.78, 5) is 17.5. The largest absolute Gasteiger partial charge is 0.369 e. The fourth-order valence-electron chi connectivity index (χ4n) is 2.41. The Balaban J connectivity index is 1.51. The van der Waals surface area contributed by atoms with Crippen LogP contribution in [0.5, 0.6) is 0 Å². The van der Waals surface area contributed by atoms with Crippen molar-refractivity contribution in [2.24, 2.45) is 0 Å². The molecule has 0 saturated heterocycles. The topological polar surface area (TPSA) is 75.6 Å². The van der Waals surface area contributed by atoms with Gasteiger partial charge in [-0.05, 0) is 31.2 Å². The summed E-state index contributed by atoms with van der Waals surface area (Å²) < 4.78 is 0. The van der Waals surface area contributed by atoms with Gasteiger partial charge in [0.25, 0.3) is 0 Å². The van der Waals surface area contributed by atoms with E-state index in [1.54, 1.807) is 6.20 Å². The van der Waals surface area contributed by atoms with Gasteiger partial charge in [-0.25, -0.2) is 4.98 Å². The van der Waals surface area contributed by atoms with Crippen molar-refractivity contribution in [3.63, 3.8) is 0 Å². The highest BCUT2D eigenvalue weighted by atomic mass is 15.1. The molecule has 0 bridgehead atoms. The van der Waals surface area contributed by atoms with Crippen LogP contribution >= 0.6 is 0 Å². The normalized spacial score (nSPS) is 10.4. The molecule has 0 aliphatic carbocycles. The Kier molecular flexibility index (Phi) is 5.87. The van der Waals surface area contributed by atoms with Crippen molar-refractivity contribution in [3.8, 4) is 0 Å². The first-order valence-corrected chi connectivity index (χ1v) is 8.42. The van der Waals surface area contributed by atoms with E-state index in [1.807, 2.05) is 55.7 Å². The molecule has 3 heterocycles. The van der Waals surface area contributed by atoms with Crippen LogP contribution in [-0.4, -0.2) is 33.0 Å². The van der Waals surface area contributed by atoms with Gasteiger partial charge in [-0.15, -0.1) is 0 Å². The van der Waals surface area contributed by atoms with Gasteiger partial charge in [-0.1, -0.05) is 12.1 Å². The summed E-state index contributed by atoms with van der Waals surface area (Å²) in [7, 11) is 0. The lowest BCUT2D eigenvalue weighted by molar-refractivity contribution is 0.927. The number of hydrogen-bond donors (Lipinski definition) is 2. The highest BCUT2D eigenvalue weighted by Crippen LogP contribution is 2.12. The average molecular weight is 334 g/mol. The van der Waals surface area contributed by atoms with E-state index >= 15 is 0 Å². The molecule has 0 aliphatic rings. The van der Waals surface area contributed by atoms with Gasteiger partial charge in [0.1, 0.15) is 5.82 Å². The van der Waals surface area contributed by atoms with E-state index in [9.17, 15) is 0 Å². The van der Waals surface area contributed by atoms with Crippen molar-refractivity contribution in [2.45, 2.75) is 19.8 Å². The Labute approximate surface area is 147 Å². The molecule has 0 fully saturated rings. The predicted molar refractivity (Wildman–Crippen MR) is 99.6 cm³/mol. The molecule has 0 atom stereocenters. The Hall–Kier alpha value is -3.02. The molecule has 0 spiro atoms.